The largest absolute Gasteiger partial charge is 0.461 e. The van der Waals surface area contributed by atoms with Crippen LogP contribution in [0.3, 0.4) is 0 Å². The Morgan fingerprint density at radius 2 is 1.91 bits per heavy atom. The van der Waals surface area contributed by atoms with Crippen LogP contribution in [0.4, 0.5) is 20.7 Å². The number of hydrogen-bond donors (Lipinski definition) is 1. The second-order valence-corrected chi connectivity index (χ2v) is 9.18. The van der Waals surface area contributed by atoms with E-state index in [1.165, 1.54) is 10.8 Å². The van der Waals surface area contributed by atoms with E-state index in [1.54, 1.807) is 12.1 Å². The van der Waals surface area contributed by atoms with E-state index >= 15 is 0 Å². The lowest BCUT2D eigenvalue weighted by Gasteiger charge is -2.47. The van der Waals surface area contributed by atoms with E-state index in [1.807, 2.05) is 14.7 Å². The standard InChI is InChI=1S/C21H25F2N9O2/c22-21(23)11-30(12-21)13-5-8-29(9-6-13)17(33)14-3-1-7-31(14)19-26-18(24)32-20(27-19)25-16(28-32)15-4-2-10-34-15/h2,4,10,13-14H,1,3,5-9,11-12H2,(H2,24,25,26,27,28)/t14-/m0/s1. The van der Waals surface area contributed by atoms with Gasteiger partial charge in [-0.25, -0.2) is 8.78 Å². The molecule has 0 saturated carbocycles. The van der Waals surface area contributed by atoms with Gasteiger partial charge < -0.3 is 20.0 Å². The number of nitrogens with two attached hydrogens (primary N) is 1. The quantitative estimate of drug-likeness (QED) is 0.597. The van der Waals surface area contributed by atoms with Crippen LogP contribution < -0.4 is 10.6 Å². The van der Waals surface area contributed by atoms with Crippen molar-refractivity contribution < 1.29 is 18.0 Å². The summed E-state index contributed by atoms with van der Waals surface area (Å²) in [5.74, 6) is -0.967. The van der Waals surface area contributed by atoms with E-state index in [0.29, 0.717) is 56.4 Å². The first kappa shape index (κ1) is 21.2. The minimum atomic E-state index is -2.57. The average Bonchev–Trinajstić information content (AvgIpc) is 3.57. The van der Waals surface area contributed by atoms with Gasteiger partial charge in [0.1, 0.15) is 6.04 Å². The van der Waals surface area contributed by atoms with E-state index < -0.39 is 5.92 Å². The van der Waals surface area contributed by atoms with Gasteiger partial charge >= 0.3 is 0 Å². The molecule has 3 fully saturated rings. The number of amides is 1. The lowest BCUT2D eigenvalue weighted by atomic mass is 9.97. The number of fused-ring (bicyclic) bond motifs is 1. The molecular weight excluding hydrogens is 448 g/mol. The Bertz CT molecular complexity index is 1200. The highest BCUT2D eigenvalue weighted by atomic mass is 19.3. The second kappa shape index (κ2) is 7.86. The molecule has 0 unspecified atom stereocenters. The van der Waals surface area contributed by atoms with Gasteiger partial charge in [-0.05, 0) is 37.8 Å². The highest BCUT2D eigenvalue weighted by Crippen LogP contribution is 2.32. The summed E-state index contributed by atoms with van der Waals surface area (Å²) < 4.78 is 33.1. The van der Waals surface area contributed by atoms with Gasteiger partial charge in [-0.1, -0.05) is 0 Å². The van der Waals surface area contributed by atoms with Crippen molar-refractivity contribution in [3.8, 4) is 11.6 Å². The number of aromatic nitrogens is 5. The molecule has 34 heavy (non-hydrogen) atoms. The number of hydrogen-bond acceptors (Lipinski definition) is 9. The Kier molecular flexibility index (Phi) is 4.90. The summed E-state index contributed by atoms with van der Waals surface area (Å²) in [7, 11) is 0. The number of halogens is 2. The first-order chi connectivity index (χ1) is 16.4. The highest BCUT2D eigenvalue weighted by molar-refractivity contribution is 5.85. The van der Waals surface area contributed by atoms with Crippen LogP contribution in [-0.2, 0) is 4.79 Å². The smallest absolute Gasteiger partial charge is 0.272 e. The fourth-order valence-corrected chi connectivity index (χ4v) is 5.16. The van der Waals surface area contributed by atoms with Crippen molar-refractivity contribution in [1.29, 1.82) is 0 Å². The molecule has 2 N–H and O–H groups in total. The van der Waals surface area contributed by atoms with Crippen molar-refractivity contribution in [3.05, 3.63) is 18.4 Å². The van der Waals surface area contributed by atoms with Crippen LogP contribution in [0.15, 0.2) is 22.8 Å². The Morgan fingerprint density at radius 1 is 1.12 bits per heavy atom. The average molecular weight is 473 g/mol. The van der Waals surface area contributed by atoms with Gasteiger partial charge in [0.15, 0.2) is 5.76 Å². The molecule has 13 heteroatoms. The number of carbonyl (C=O) groups is 1. The van der Waals surface area contributed by atoms with Crippen molar-refractivity contribution in [2.45, 2.75) is 43.7 Å². The monoisotopic (exact) mass is 473 g/mol. The minimum Gasteiger partial charge on any atom is -0.461 e. The molecule has 0 radical (unpaired) electrons. The van der Waals surface area contributed by atoms with Gasteiger partial charge in [0.05, 0.1) is 19.4 Å². The molecule has 1 atom stereocenters. The predicted octanol–water partition coefficient (Wildman–Crippen LogP) is 1.27. The van der Waals surface area contributed by atoms with Crippen molar-refractivity contribution in [2.24, 2.45) is 0 Å². The fraction of sp³-hybridized carbons (Fsp3) is 0.571. The fourth-order valence-electron chi connectivity index (χ4n) is 5.16. The molecule has 3 aromatic heterocycles. The maximum atomic E-state index is 13.4. The first-order valence-electron chi connectivity index (χ1n) is 11.5. The van der Waals surface area contributed by atoms with E-state index in [0.717, 1.165) is 6.42 Å². The normalized spacial score (nSPS) is 23.5. The Balaban J connectivity index is 1.17. The third-order valence-corrected chi connectivity index (χ3v) is 6.92. The summed E-state index contributed by atoms with van der Waals surface area (Å²) in [4.78, 5) is 32.2. The molecule has 1 amide bonds. The molecule has 3 aromatic rings. The van der Waals surface area contributed by atoms with Crippen LogP contribution in [0.1, 0.15) is 25.7 Å². The number of nitrogen functional groups attached to an aromatic ring is 1. The molecule has 3 saturated heterocycles. The van der Waals surface area contributed by atoms with Crippen LogP contribution >= 0.6 is 0 Å². The number of anilines is 2. The lowest BCUT2D eigenvalue weighted by Crippen LogP contribution is -2.62. The van der Waals surface area contributed by atoms with E-state index in [-0.39, 0.29) is 42.8 Å². The van der Waals surface area contributed by atoms with E-state index in [4.69, 9.17) is 10.2 Å². The summed E-state index contributed by atoms with van der Waals surface area (Å²) in [6.45, 7) is 1.41. The van der Waals surface area contributed by atoms with Crippen molar-refractivity contribution in [1.82, 2.24) is 34.4 Å². The molecule has 11 nitrogen and oxygen atoms in total. The number of likely N-dealkylation sites (tertiary alicyclic amines) is 2. The van der Waals surface area contributed by atoms with E-state index in [2.05, 4.69) is 20.1 Å². The zero-order valence-electron chi connectivity index (χ0n) is 18.5. The third-order valence-electron chi connectivity index (χ3n) is 6.92. The number of furan rings is 1. The van der Waals surface area contributed by atoms with Gasteiger partial charge in [-0.3, -0.25) is 9.69 Å². The zero-order chi connectivity index (χ0) is 23.4. The Morgan fingerprint density at radius 3 is 2.62 bits per heavy atom. The second-order valence-electron chi connectivity index (χ2n) is 9.18. The molecular formula is C21H25F2N9O2. The van der Waals surface area contributed by atoms with Crippen molar-refractivity contribution >= 4 is 23.6 Å². The molecule has 6 rings (SSSR count). The Hall–Kier alpha value is -3.35. The zero-order valence-corrected chi connectivity index (χ0v) is 18.5. The number of carbonyl (C=O) groups excluding carboxylic acids is 1. The van der Waals surface area contributed by atoms with Gasteiger partial charge in [0, 0.05) is 25.7 Å². The molecule has 0 bridgehead atoms. The van der Waals surface area contributed by atoms with Crippen molar-refractivity contribution in [2.75, 3.05) is 43.4 Å². The maximum absolute atomic E-state index is 13.4. The molecule has 0 aromatic carbocycles. The summed E-state index contributed by atoms with van der Waals surface area (Å²) >= 11 is 0. The van der Waals surface area contributed by atoms with Gasteiger partial charge in [0.2, 0.25) is 23.6 Å². The predicted molar refractivity (Wildman–Crippen MR) is 117 cm³/mol. The number of piperidine rings is 1. The molecule has 180 valence electrons. The van der Waals surface area contributed by atoms with Gasteiger partial charge in [-0.15, -0.1) is 5.10 Å². The van der Waals surface area contributed by atoms with Gasteiger partial charge in [0.25, 0.3) is 11.7 Å². The molecule has 3 aliphatic heterocycles. The molecule has 0 spiro atoms. The van der Waals surface area contributed by atoms with Crippen LogP contribution in [0.2, 0.25) is 0 Å². The first-order valence-corrected chi connectivity index (χ1v) is 11.5. The van der Waals surface area contributed by atoms with Gasteiger partial charge in [-0.2, -0.15) is 19.5 Å². The third kappa shape index (κ3) is 3.63. The SMILES string of the molecule is Nc1nc(N2CCC[C@H]2C(=O)N2CCC(N3CC(F)(F)C3)CC2)nc2nc(-c3ccco3)nn12. The number of nitrogens with zero attached hydrogens (tertiary/aromatic N) is 8. The summed E-state index contributed by atoms with van der Waals surface area (Å²) in [6, 6.07) is 3.21. The van der Waals surface area contributed by atoms with Crippen LogP contribution in [-0.4, -0.2) is 91.0 Å². The number of rotatable bonds is 4. The summed E-state index contributed by atoms with van der Waals surface area (Å²) in [5, 5.41) is 4.31. The maximum Gasteiger partial charge on any atom is 0.272 e. The Labute approximate surface area is 193 Å². The number of alkyl halides is 2. The van der Waals surface area contributed by atoms with Crippen LogP contribution in [0, 0.1) is 0 Å². The molecule has 0 aliphatic carbocycles. The minimum absolute atomic E-state index is 0.0182. The van der Waals surface area contributed by atoms with Crippen molar-refractivity contribution in [3.63, 3.8) is 0 Å². The van der Waals surface area contributed by atoms with Crippen LogP contribution in [0.5, 0.6) is 0 Å². The summed E-state index contributed by atoms with van der Waals surface area (Å²) in [6.07, 6.45) is 4.46. The van der Waals surface area contributed by atoms with E-state index in [9.17, 15) is 13.6 Å². The molecule has 6 heterocycles. The topological polar surface area (TPSA) is 122 Å². The summed E-state index contributed by atoms with van der Waals surface area (Å²) in [5.41, 5.74) is 6.14. The molecule has 3 aliphatic rings. The van der Waals surface area contributed by atoms with Crippen LogP contribution in [0.25, 0.3) is 17.4 Å². The lowest BCUT2D eigenvalue weighted by molar-refractivity contribution is -0.155. The highest BCUT2D eigenvalue weighted by Gasteiger charge is 2.47.